The highest BCUT2D eigenvalue weighted by Gasteiger charge is 2.57. The van der Waals surface area contributed by atoms with Gasteiger partial charge in [-0.15, -0.1) is 0 Å². The number of aryl methyl sites for hydroxylation is 1. The lowest BCUT2D eigenvalue weighted by Crippen LogP contribution is -2.54. The fraction of sp³-hybridized carbons (Fsp3) is 0.491. The third kappa shape index (κ3) is 7.53. The van der Waals surface area contributed by atoms with Gasteiger partial charge in [0.05, 0.1) is 23.1 Å². The van der Waals surface area contributed by atoms with Gasteiger partial charge < -0.3 is 29.9 Å². The van der Waals surface area contributed by atoms with Crippen molar-refractivity contribution in [1.82, 2.24) is 40.3 Å². The summed E-state index contributed by atoms with van der Waals surface area (Å²) in [5.74, 6) is 0.246. The van der Waals surface area contributed by atoms with Crippen molar-refractivity contribution in [2.75, 3.05) is 81.9 Å². The molecule has 16 nitrogen and oxygen atoms in total. The third-order valence-electron chi connectivity index (χ3n) is 16.9. The predicted octanol–water partition coefficient (Wildman–Crippen LogP) is 4.75. The number of aromatic nitrogens is 3. The second-order valence-electron chi connectivity index (χ2n) is 21.4. The monoisotopic (exact) mass is 948 g/mol. The molecule has 2 aliphatic carbocycles. The smallest absolute Gasteiger partial charge is 0.319 e. The number of phenolic OH excluding ortho intramolecular Hbond substituents is 1. The number of anilines is 2. The maximum Gasteiger partial charge on any atom is 0.319 e. The average Bonchev–Trinajstić information content (AvgIpc) is 4.12. The molecule has 70 heavy (non-hydrogen) atoms. The van der Waals surface area contributed by atoms with Gasteiger partial charge in [-0.1, -0.05) is 25.1 Å². The van der Waals surface area contributed by atoms with E-state index in [1.54, 1.807) is 30.5 Å². The zero-order valence-electron chi connectivity index (χ0n) is 39.3. The maximum absolute atomic E-state index is 17.2. The van der Waals surface area contributed by atoms with Gasteiger partial charge in [-0.3, -0.25) is 39.3 Å². The Kier molecular flexibility index (Phi) is 10.4. The zero-order valence-corrected chi connectivity index (χ0v) is 39.3. The van der Waals surface area contributed by atoms with Crippen LogP contribution >= 0.6 is 0 Å². The number of amides is 4. The van der Waals surface area contributed by atoms with E-state index in [-0.39, 0.29) is 41.2 Å². The van der Waals surface area contributed by atoms with Crippen molar-refractivity contribution in [1.29, 1.82) is 0 Å². The molecule has 4 amide bonds. The number of hydrogen-bond acceptors (Lipinski definition) is 14. The summed E-state index contributed by atoms with van der Waals surface area (Å²) in [7, 11) is 0. The van der Waals surface area contributed by atoms with E-state index >= 15 is 4.39 Å². The Morgan fingerprint density at radius 2 is 1.61 bits per heavy atom. The van der Waals surface area contributed by atoms with Crippen LogP contribution < -0.4 is 25.2 Å². The number of fused-ring (bicyclic) bond motifs is 6. The van der Waals surface area contributed by atoms with Crippen LogP contribution in [0.1, 0.15) is 71.7 Å². The molecule has 3 unspecified atom stereocenters. The number of benzene rings is 3. The summed E-state index contributed by atoms with van der Waals surface area (Å²) in [6.45, 7) is 11.7. The molecular formula is C53H57FN10O6. The van der Waals surface area contributed by atoms with Gasteiger partial charge in [0.15, 0.2) is 5.82 Å². The summed E-state index contributed by atoms with van der Waals surface area (Å²) in [5, 5.41) is 19.0. The van der Waals surface area contributed by atoms with E-state index in [1.807, 2.05) is 24.3 Å². The largest absolute Gasteiger partial charge is 0.508 e. The number of carbonyl (C=O) groups excluding carboxylic acids is 4. The lowest BCUT2D eigenvalue weighted by atomic mass is 9.95. The number of phenols is 1. The molecule has 3 N–H and O–H groups in total. The van der Waals surface area contributed by atoms with E-state index in [0.29, 0.717) is 64.3 Å². The number of aromatic hydroxyl groups is 1. The summed E-state index contributed by atoms with van der Waals surface area (Å²) in [5.41, 5.74) is 3.42. The third-order valence-corrected chi connectivity index (χ3v) is 16.9. The molecule has 5 saturated heterocycles. The normalized spacial score (nSPS) is 27.1. The molecule has 6 atom stereocenters. The number of piperazine rings is 2. The number of nitrogens with zero attached hydrogens (tertiary/aromatic N) is 8. The van der Waals surface area contributed by atoms with Gasteiger partial charge in [0, 0.05) is 107 Å². The quantitative estimate of drug-likeness (QED) is 0.146. The second-order valence-corrected chi connectivity index (χ2v) is 21.4. The number of piperidine rings is 2. The van der Waals surface area contributed by atoms with Crippen LogP contribution in [0.2, 0.25) is 0 Å². The van der Waals surface area contributed by atoms with Crippen molar-refractivity contribution in [3.8, 4) is 23.0 Å². The van der Waals surface area contributed by atoms with Crippen molar-refractivity contribution < 1.29 is 33.4 Å². The maximum atomic E-state index is 17.2. The molecule has 13 rings (SSSR count). The summed E-state index contributed by atoms with van der Waals surface area (Å²) < 4.78 is 23.7. The Balaban J connectivity index is 0.649. The van der Waals surface area contributed by atoms with Crippen LogP contribution in [-0.4, -0.2) is 149 Å². The Morgan fingerprint density at radius 1 is 0.843 bits per heavy atom. The molecule has 2 saturated carbocycles. The first-order valence-electron chi connectivity index (χ1n) is 25.3. The first-order valence-corrected chi connectivity index (χ1v) is 25.3. The molecular weight excluding hydrogens is 892 g/mol. The minimum absolute atomic E-state index is 0.00685. The van der Waals surface area contributed by atoms with E-state index in [1.165, 1.54) is 0 Å². The van der Waals surface area contributed by atoms with Crippen LogP contribution in [0, 0.1) is 29.0 Å². The first kappa shape index (κ1) is 43.7. The minimum Gasteiger partial charge on any atom is -0.508 e. The molecule has 0 spiro atoms. The fourth-order valence-electron chi connectivity index (χ4n) is 13.0. The number of ether oxygens (including phenoxy) is 1. The minimum atomic E-state index is -0.977. The molecule has 6 aliphatic heterocycles. The number of rotatable bonds is 12. The Bertz CT molecular complexity index is 3010. The average molecular weight is 949 g/mol. The summed E-state index contributed by atoms with van der Waals surface area (Å²) in [6.07, 6.45) is 6.98. The van der Waals surface area contributed by atoms with Crippen LogP contribution in [0.25, 0.3) is 32.9 Å². The molecule has 8 heterocycles. The highest BCUT2D eigenvalue weighted by Crippen LogP contribution is 2.55. The van der Waals surface area contributed by atoms with Gasteiger partial charge >= 0.3 is 6.01 Å². The van der Waals surface area contributed by atoms with Crippen LogP contribution in [-0.2, 0) is 16.0 Å². The standard InChI is InChI=1S/C53H57FN10O6/c1-2-29-4-3-5-30-18-34(65)20-37(44(29)30)46-45(54)47-38(21-55-46)48(63-22-31-6-7-32(23-63)56-31)59-52(58-47)70-28-53(12-13-53)27-61-25-40-39(41(40)26-61)24-60-14-16-62(17-15-60)33-8-9-35-36(19-33)51(69)64(50(35)68)42-10-11-43(66)57-49(42)67/h3-5,8-9,18-21,31-32,39-42,56,65H,2,6-7,10-17,22-28H2,1H3,(H,57,66,67)/t31?,32?,39-,40-,41+,42?. The Hall–Kier alpha value is -6.30. The molecule has 5 aromatic rings. The van der Waals surface area contributed by atoms with Crippen molar-refractivity contribution in [3.63, 3.8) is 0 Å². The zero-order chi connectivity index (χ0) is 47.6. The van der Waals surface area contributed by atoms with Gasteiger partial charge in [-0.25, -0.2) is 4.39 Å². The number of pyridine rings is 1. The summed E-state index contributed by atoms with van der Waals surface area (Å²) in [6, 6.07) is 14.5. The Labute approximate surface area is 404 Å². The SMILES string of the molecule is CCc1cccc2cc(O)cc(-c3ncc4c(N5CC6CCC(C5)N6)nc(OCC5(CN6C[C@@H]7[C@@H](CN8CCN(c9ccc%10c(c9)C(=O)N(C9CCC(=O)NC9=O)C%10=O)CC8)[C@@H]7C6)CC5)nc4c3F)c12. The lowest BCUT2D eigenvalue weighted by molar-refractivity contribution is -0.136. The van der Waals surface area contributed by atoms with Crippen LogP contribution in [0.5, 0.6) is 11.8 Å². The van der Waals surface area contributed by atoms with Gasteiger partial charge in [0.1, 0.15) is 28.8 Å². The van der Waals surface area contributed by atoms with E-state index in [0.717, 1.165) is 124 Å². The van der Waals surface area contributed by atoms with Crippen molar-refractivity contribution in [2.45, 2.75) is 70.0 Å². The number of nitrogens with one attached hydrogen (secondary N) is 2. The van der Waals surface area contributed by atoms with E-state index in [2.05, 4.69) is 37.2 Å². The fourth-order valence-corrected chi connectivity index (χ4v) is 13.0. The first-order chi connectivity index (χ1) is 34.0. The van der Waals surface area contributed by atoms with E-state index < -0.39 is 35.5 Å². The molecule has 2 aromatic heterocycles. The van der Waals surface area contributed by atoms with Gasteiger partial charge in [0.25, 0.3) is 11.8 Å². The lowest BCUT2D eigenvalue weighted by Gasteiger charge is -2.36. The van der Waals surface area contributed by atoms with E-state index in [9.17, 15) is 24.3 Å². The summed E-state index contributed by atoms with van der Waals surface area (Å²) in [4.78, 5) is 76.2. The van der Waals surface area contributed by atoms with Gasteiger partial charge in [-0.2, -0.15) is 9.97 Å². The molecule has 3 aromatic carbocycles. The topological polar surface area (TPSA) is 177 Å². The predicted molar refractivity (Wildman–Crippen MR) is 259 cm³/mol. The highest BCUT2D eigenvalue weighted by molar-refractivity contribution is 6.23. The van der Waals surface area contributed by atoms with E-state index in [4.69, 9.17) is 19.7 Å². The van der Waals surface area contributed by atoms with Crippen LogP contribution in [0.15, 0.2) is 54.7 Å². The number of imide groups is 2. The van der Waals surface area contributed by atoms with Gasteiger partial charge in [-0.05, 0) is 103 Å². The van der Waals surface area contributed by atoms with Crippen molar-refractivity contribution >= 4 is 56.8 Å². The van der Waals surface area contributed by atoms with Crippen LogP contribution in [0.4, 0.5) is 15.9 Å². The van der Waals surface area contributed by atoms with Crippen LogP contribution in [0.3, 0.4) is 0 Å². The summed E-state index contributed by atoms with van der Waals surface area (Å²) >= 11 is 0. The number of halogens is 1. The molecule has 7 fully saturated rings. The van der Waals surface area contributed by atoms with Crippen molar-refractivity contribution in [2.24, 2.45) is 23.2 Å². The van der Waals surface area contributed by atoms with Crippen molar-refractivity contribution in [3.05, 3.63) is 77.2 Å². The molecule has 2 bridgehead atoms. The second kappa shape index (κ2) is 16.7. The molecule has 8 aliphatic rings. The Morgan fingerprint density at radius 3 is 2.36 bits per heavy atom. The molecule has 362 valence electrons. The number of hydrogen-bond donors (Lipinski definition) is 3. The number of carbonyl (C=O) groups is 4. The van der Waals surface area contributed by atoms with Gasteiger partial charge in [0.2, 0.25) is 11.8 Å². The highest BCUT2D eigenvalue weighted by atomic mass is 19.1. The number of likely N-dealkylation sites (tertiary alicyclic amines) is 1. The molecule has 0 radical (unpaired) electrons. The molecule has 17 heteroatoms.